The van der Waals surface area contributed by atoms with Gasteiger partial charge in [-0.3, -0.25) is 14.4 Å². The van der Waals surface area contributed by atoms with E-state index in [9.17, 15) is 14.4 Å². The summed E-state index contributed by atoms with van der Waals surface area (Å²) in [7, 11) is 0. The third-order valence-corrected chi connectivity index (χ3v) is 13.7. The Hall–Kier alpha value is -3.93. The number of carbonyl (C=O) groups is 3. The van der Waals surface area contributed by atoms with Crippen molar-refractivity contribution in [2.45, 2.75) is 309 Å². The lowest BCUT2D eigenvalue weighted by Crippen LogP contribution is -2.30. The van der Waals surface area contributed by atoms with E-state index in [1.807, 2.05) is 0 Å². The first-order chi connectivity index (χ1) is 38.0. The van der Waals surface area contributed by atoms with Gasteiger partial charge < -0.3 is 14.2 Å². The van der Waals surface area contributed by atoms with Crippen LogP contribution < -0.4 is 0 Å². The summed E-state index contributed by atoms with van der Waals surface area (Å²) in [6.07, 6.45) is 88.3. The lowest BCUT2D eigenvalue weighted by molar-refractivity contribution is -0.167. The molecule has 1 atom stereocenters. The molecule has 6 nitrogen and oxygen atoms in total. The van der Waals surface area contributed by atoms with Gasteiger partial charge in [0.1, 0.15) is 13.2 Å². The van der Waals surface area contributed by atoms with Crippen LogP contribution in [0.4, 0.5) is 0 Å². The Morgan fingerprint density at radius 2 is 0.506 bits per heavy atom. The molecule has 0 aromatic carbocycles. The fourth-order valence-corrected chi connectivity index (χ4v) is 8.96. The van der Waals surface area contributed by atoms with Gasteiger partial charge in [-0.2, -0.15) is 0 Å². The van der Waals surface area contributed by atoms with E-state index >= 15 is 0 Å². The maximum atomic E-state index is 12.9. The number of carbonyl (C=O) groups excluding carboxylic acids is 3. The summed E-state index contributed by atoms with van der Waals surface area (Å²) in [5.74, 6) is -0.912. The highest BCUT2D eigenvalue weighted by atomic mass is 16.6. The lowest BCUT2D eigenvalue weighted by atomic mass is 10.0. The maximum absolute atomic E-state index is 12.9. The van der Waals surface area contributed by atoms with Crippen LogP contribution in [0, 0.1) is 0 Å². The Morgan fingerprint density at radius 1 is 0.273 bits per heavy atom. The molecule has 440 valence electrons. The van der Waals surface area contributed by atoms with Crippen molar-refractivity contribution in [3.8, 4) is 0 Å². The second-order valence-electron chi connectivity index (χ2n) is 21.3. The zero-order valence-electron chi connectivity index (χ0n) is 50.4. The molecule has 0 bridgehead atoms. The van der Waals surface area contributed by atoms with Gasteiger partial charge in [0.2, 0.25) is 0 Å². The molecular formula is C71H120O6. The van der Waals surface area contributed by atoms with Crippen LogP contribution in [-0.2, 0) is 28.6 Å². The van der Waals surface area contributed by atoms with Crippen LogP contribution >= 0.6 is 0 Å². The fraction of sp³-hybridized carbons (Fsp3) is 0.704. The highest BCUT2D eigenvalue weighted by Crippen LogP contribution is 2.17. The predicted octanol–water partition coefficient (Wildman–Crippen LogP) is 22.2. The highest BCUT2D eigenvalue weighted by molar-refractivity contribution is 5.71. The summed E-state index contributed by atoms with van der Waals surface area (Å²) < 4.78 is 16.9. The van der Waals surface area contributed by atoms with Gasteiger partial charge in [-0.1, -0.05) is 278 Å². The number of hydrogen-bond acceptors (Lipinski definition) is 6. The van der Waals surface area contributed by atoms with Gasteiger partial charge in [0, 0.05) is 19.3 Å². The summed E-state index contributed by atoms with van der Waals surface area (Å²) in [5, 5.41) is 0. The van der Waals surface area contributed by atoms with Crippen molar-refractivity contribution in [3.05, 3.63) is 109 Å². The van der Waals surface area contributed by atoms with Crippen LogP contribution in [0.3, 0.4) is 0 Å². The molecule has 0 aliphatic carbocycles. The maximum Gasteiger partial charge on any atom is 0.306 e. The molecule has 0 amide bonds. The van der Waals surface area contributed by atoms with E-state index in [-0.39, 0.29) is 31.1 Å². The molecule has 0 aliphatic heterocycles. The standard InChI is InChI=1S/C71H120O6/c1-4-7-10-13-16-19-22-25-27-28-29-30-31-32-33-34-35-36-37-38-39-40-41-42-44-46-49-52-55-58-61-64-70(73)76-67-68(66-75-69(72)63-60-57-54-51-48-45-24-21-18-15-12-9-6-3)77-71(74)65-62-59-56-53-50-47-43-26-23-20-17-14-11-8-5-2/h7-8,10-12,15-17,19-21,24-27,29-30,43,68H,4-6,9,13-14,18,22-23,28,31-42,44-67H2,1-3H3/b10-7-,11-8-,15-12-,19-16-,20-17-,24-21-,27-25-,30-29-,43-26-. The topological polar surface area (TPSA) is 78.9 Å². The molecular weight excluding hydrogens is 949 g/mol. The first kappa shape index (κ1) is 73.1. The number of allylic oxidation sites excluding steroid dienone is 18. The van der Waals surface area contributed by atoms with Crippen molar-refractivity contribution < 1.29 is 28.6 Å². The molecule has 0 spiro atoms. The quantitative estimate of drug-likeness (QED) is 0.0261. The Kier molecular flexibility index (Phi) is 61.3. The molecule has 77 heavy (non-hydrogen) atoms. The van der Waals surface area contributed by atoms with Crippen molar-refractivity contribution in [2.75, 3.05) is 13.2 Å². The Bertz CT molecular complexity index is 1560. The van der Waals surface area contributed by atoms with Gasteiger partial charge in [0.15, 0.2) is 6.10 Å². The van der Waals surface area contributed by atoms with Gasteiger partial charge in [-0.15, -0.1) is 0 Å². The summed E-state index contributed by atoms with van der Waals surface area (Å²) >= 11 is 0. The Labute approximate surface area is 476 Å². The predicted molar refractivity (Wildman–Crippen MR) is 334 cm³/mol. The van der Waals surface area contributed by atoms with Crippen LogP contribution in [0.15, 0.2) is 109 Å². The van der Waals surface area contributed by atoms with Crippen molar-refractivity contribution in [1.29, 1.82) is 0 Å². The number of ether oxygens (including phenoxy) is 3. The lowest BCUT2D eigenvalue weighted by Gasteiger charge is -2.18. The van der Waals surface area contributed by atoms with Gasteiger partial charge in [0.05, 0.1) is 0 Å². The molecule has 0 saturated carbocycles. The molecule has 1 unspecified atom stereocenters. The highest BCUT2D eigenvalue weighted by Gasteiger charge is 2.19. The van der Waals surface area contributed by atoms with E-state index in [0.29, 0.717) is 19.3 Å². The number of hydrogen-bond donors (Lipinski definition) is 0. The van der Waals surface area contributed by atoms with Gasteiger partial charge >= 0.3 is 17.9 Å². The van der Waals surface area contributed by atoms with E-state index < -0.39 is 6.10 Å². The van der Waals surface area contributed by atoms with Gasteiger partial charge in [0.25, 0.3) is 0 Å². The zero-order valence-corrected chi connectivity index (χ0v) is 50.4. The van der Waals surface area contributed by atoms with Gasteiger partial charge in [-0.25, -0.2) is 0 Å². The number of unbranched alkanes of at least 4 members (excludes halogenated alkanes) is 29. The first-order valence-corrected chi connectivity index (χ1v) is 32.4. The molecule has 0 aromatic heterocycles. The number of rotatable bonds is 58. The number of esters is 3. The second-order valence-corrected chi connectivity index (χ2v) is 21.3. The minimum absolute atomic E-state index is 0.0881. The zero-order chi connectivity index (χ0) is 55.7. The van der Waals surface area contributed by atoms with Crippen LogP contribution in [0.2, 0.25) is 0 Å². The summed E-state index contributed by atoms with van der Waals surface area (Å²) in [6.45, 7) is 6.34. The van der Waals surface area contributed by atoms with Crippen molar-refractivity contribution in [1.82, 2.24) is 0 Å². The van der Waals surface area contributed by atoms with Crippen molar-refractivity contribution in [3.63, 3.8) is 0 Å². The third kappa shape index (κ3) is 62.8. The van der Waals surface area contributed by atoms with Crippen LogP contribution in [0.25, 0.3) is 0 Å². The SMILES string of the molecule is CC/C=C\C/C=C\C/C=C\C/C=C\CCCCCCCCCCCCCCCCCCCCC(=O)OCC(COC(=O)CCCCCCC/C=C\C/C=C\CCC)OC(=O)CCCCCCC/C=C\C/C=C\C/C=C\CC. The normalized spacial score (nSPS) is 12.8. The van der Waals surface area contributed by atoms with E-state index in [1.54, 1.807) is 0 Å². The third-order valence-electron chi connectivity index (χ3n) is 13.7. The van der Waals surface area contributed by atoms with Gasteiger partial charge in [-0.05, 0) is 116 Å². The minimum atomic E-state index is -0.793. The van der Waals surface area contributed by atoms with Crippen LogP contribution in [-0.4, -0.2) is 37.2 Å². The molecule has 6 heteroatoms. The molecule has 0 aromatic rings. The Balaban J connectivity index is 4.19. The monoisotopic (exact) mass is 1070 g/mol. The largest absolute Gasteiger partial charge is 0.462 e. The average molecular weight is 1070 g/mol. The van der Waals surface area contributed by atoms with E-state index in [1.165, 1.54) is 109 Å². The molecule has 0 N–H and O–H groups in total. The molecule has 0 saturated heterocycles. The van der Waals surface area contributed by atoms with E-state index in [4.69, 9.17) is 14.2 Å². The molecule has 0 radical (unpaired) electrons. The van der Waals surface area contributed by atoms with E-state index in [0.717, 1.165) is 154 Å². The first-order valence-electron chi connectivity index (χ1n) is 32.4. The minimum Gasteiger partial charge on any atom is -0.462 e. The second kappa shape index (κ2) is 64.6. The Morgan fingerprint density at radius 3 is 0.792 bits per heavy atom. The van der Waals surface area contributed by atoms with Crippen LogP contribution in [0.5, 0.6) is 0 Å². The fourth-order valence-electron chi connectivity index (χ4n) is 8.96. The van der Waals surface area contributed by atoms with Crippen molar-refractivity contribution >= 4 is 17.9 Å². The summed E-state index contributed by atoms with van der Waals surface area (Å²) in [4.78, 5) is 38.2. The summed E-state index contributed by atoms with van der Waals surface area (Å²) in [5.41, 5.74) is 0. The smallest absolute Gasteiger partial charge is 0.306 e. The average Bonchev–Trinajstić information content (AvgIpc) is 3.43. The molecule has 0 aliphatic rings. The molecule has 0 rings (SSSR count). The molecule has 0 fully saturated rings. The van der Waals surface area contributed by atoms with E-state index in [2.05, 4.69) is 130 Å². The molecule has 0 heterocycles. The van der Waals surface area contributed by atoms with Crippen molar-refractivity contribution in [2.24, 2.45) is 0 Å². The summed E-state index contributed by atoms with van der Waals surface area (Å²) in [6, 6.07) is 0. The van der Waals surface area contributed by atoms with Crippen LogP contribution in [0.1, 0.15) is 303 Å².